The van der Waals surface area contributed by atoms with Gasteiger partial charge in [-0.3, -0.25) is 4.98 Å². The highest BCUT2D eigenvalue weighted by atomic mass is 16.5. The van der Waals surface area contributed by atoms with Crippen LogP contribution in [0.4, 0.5) is 4.79 Å². The third-order valence-electron chi connectivity index (χ3n) is 5.62. The third-order valence-corrected chi connectivity index (χ3v) is 5.62. The number of benzene rings is 2. The molecule has 6 nitrogen and oxygen atoms in total. The van der Waals surface area contributed by atoms with E-state index in [1.54, 1.807) is 6.20 Å². The van der Waals surface area contributed by atoms with Crippen molar-refractivity contribution in [3.8, 4) is 11.1 Å². The number of fused-ring (bicyclic) bond motifs is 3. The average Bonchev–Trinajstić information content (AvgIpc) is 3.09. The van der Waals surface area contributed by atoms with Crippen LogP contribution in [0, 0.1) is 6.92 Å². The van der Waals surface area contributed by atoms with Gasteiger partial charge in [-0.05, 0) is 59.7 Å². The molecule has 158 valence electrons. The largest absolute Gasteiger partial charge is 0.480 e. The van der Waals surface area contributed by atoms with E-state index in [9.17, 15) is 14.7 Å². The van der Waals surface area contributed by atoms with Crippen LogP contribution in [0.25, 0.3) is 11.1 Å². The Hall–Kier alpha value is -3.67. The van der Waals surface area contributed by atoms with Crippen molar-refractivity contribution in [1.82, 2.24) is 10.3 Å². The molecule has 0 fully saturated rings. The van der Waals surface area contributed by atoms with E-state index in [1.807, 2.05) is 55.5 Å². The first-order chi connectivity index (χ1) is 15.0. The predicted molar refractivity (Wildman–Crippen MR) is 117 cm³/mol. The molecule has 4 rings (SSSR count). The van der Waals surface area contributed by atoms with Crippen LogP contribution < -0.4 is 5.32 Å². The minimum Gasteiger partial charge on any atom is -0.480 e. The van der Waals surface area contributed by atoms with Crippen molar-refractivity contribution in [1.29, 1.82) is 0 Å². The third kappa shape index (κ3) is 4.58. The molecule has 1 aliphatic rings. The standard InChI is InChI=1S/C25H24N2O4/c1-16-14-17(12-13-26-16)10-11-23(24(28)29)27-25(30)31-15-22-20-8-4-2-6-18(20)19-7-3-5-9-21(19)22/h2-9,12-14,22-23H,10-11,15H2,1H3,(H,27,30)(H,28,29)/t23-/m0/s1. The number of carboxylic acids is 1. The predicted octanol–water partition coefficient (Wildman–Crippen LogP) is 4.31. The minimum absolute atomic E-state index is 0.0683. The number of carbonyl (C=O) groups excluding carboxylic acids is 1. The minimum atomic E-state index is -1.08. The van der Waals surface area contributed by atoms with E-state index < -0.39 is 18.1 Å². The fourth-order valence-electron chi connectivity index (χ4n) is 4.11. The quantitative estimate of drug-likeness (QED) is 0.599. The van der Waals surface area contributed by atoms with Crippen LogP contribution in [0.5, 0.6) is 0 Å². The number of carbonyl (C=O) groups is 2. The second-order valence-corrected chi connectivity index (χ2v) is 7.70. The highest BCUT2D eigenvalue weighted by Gasteiger charge is 2.29. The van der Waals surface area contributed by atoms with Gasteiger partial charge in [-0.25, -0.2) is 9.59 Å². The SMILES string of the molecule is Cc1cc(CC[C@H](NC(=O)OCC2c3ccccc3-c3ccccc32)C(=O)O)ccn1. The fourth-order valence-corrected chi connectivity index (χ4v) is 4.11. The van der Waals surface area contributed by atoms with Crippen molar-refractivity contribution in [3.05, 3.63) is 89.2 Å². The van der Waals surface area contributed by atoms with Crippen molar-refractivity contribution in [2.45, 2.75) is 31.7 Å². The first-order valence-electron chi connectivity index (χ1n) is 10.3. The highest BCUT2D eigenvalue weighted by molar-refractivity contribution is 5.81. The van der Waals surface area contributed by atoms with Crippen LogP contribution in [0.15, 0.2) is 66.9 Å². The number of hydrogen-bond donors (Lipinski definition) is 2. The lowest BCUT2D eigenvalue weighted by atomic mass is 9.98. The molecule has 2 aromatic carbocycles. The van der Waals surface area contributed by atoms with Gasteiger partial charge in [0, 0.05) is 17.8 Å². The molecule has 0 bridgehead atoms. The zero-order valence-corrected chi connectivity index (χ0v) is 17.2. The Morgan fingerprint density at radius 1 is 1.06 bits per heavy atom. The van der Waals surface area contributed by atoms with Gasteiger partial charge in [0.25, 0.3) is 0 Å². The Morgan fingerprint density at radius 3 is 2.32 bits per heavy atom. The number of ether oxygens (including phenoxy) is 1. The number of aromatic nitrogens is 1. The van der Waals surface area contributed by atoms with Gasteiger partial charge in [0.2, 0.25) is 0 Å². The van der Waals surface area contributed by atoms with Crippen molar-refractivity contribution in [3.63, 3.8) is 0 Å². The molecule has 0 saturated heterocycles. The monoisotopic (exact) mass is 416 g/mol. The average molecular weight is 416 g/mol. The summed E-state index contributed by atoms with van der Waals surface area (Å²) in [6.07, 6.45) is 1.76. The van der Waals surface area contributed by atoms with Crippen LogP contribution >= 0.6 is 0 Å². The molecular weight excluding hydrogens is 392 g/mol. The molecule has 3 aromatic rings. The first kappa shape index (κ1) is 20.6. The number of amides is 1. The van der Waals surface area contributed by atoms with Crippen LogP contribution in [-0.2, 0) is 16.0 Å². The number of rotatable bonds is 7. The Kier molecular flexibility index (Phi) is 5.98. The molecule has 0 spiro atoms. The van der Waals surface area contributed by atoms with Gasteiger partial charge < -0.3 is 15.2 Å². The summed E-state index contributed by atoms with van der Waals surface area (Å²) in [6, 6.07) is 18.9. The molecule has 1 amide bonds. The number of nitrogens with one attached hydrogen (secondary N) is 1. The lowest BCUT2D eigenvalue weighted by Crippen LogP contribution is -2.41. The number of nitrogens with zero attached hydrogens (tertiary/aromatic N) is 1. The van der Waals surface area contributed by atoms with E-state index in [4.69, 9.17) is 4.74 Å². The molecule has 1 aromatic heterocycles. The van der Waals surface area contributed by atoms with E-state index in [0.717, 1.165) is 33.5 Å². The normalized spacial score (nSPS) is 13.2. The molecule has 6 heteroatoms. The van der Waals surface area contributed by atoms with Gasteiger partial charge >= 0.3 is 12.1 Å². The maximum atomic E-state index is 12.4. The number of aryl methyl sites for hydroxylation is 2. The van der Waals surface area contributed by atoms with E-state index in [2.05, 4.69) is 22.4 Å². The van der Waals surface area contributed by atoms with Crippen molar-refractivity contribution in [2.75, 3.05) is 6.61 Å². The molecule has 2 N–H and O–H groups in total. The summed E-state index contributed by atoms with van der Waals surface area (Å²) in [5.41, 5.74) is 6.35. The smallest absolute Gasteiger partial charge is 0.407 e. The summed E-state index contributed by atoms with van der Waals surface area (Å²) in [6.45, 7) is 2.03. The van der Waals surface area contributed by atoms with Crippen LogP contribution in [0.1, 0.15) is 34.7 Å². The number of aliphatic carboxylic acids is 1. The van der Waals surface area contributed by atoms with E-state index in [-0.39, 0.29) is 18.9 Å². The Balaban J connectivity index is 1.38. The molecule has 1 heterocycles. The lowest BCUT2D eigenvalue weighted by Gasteiger charge is -2.17. The Bertz CT molecular complexity index is 1070. The van der Waals surface area contributed by atoms with E-state index in [1.165, 1.54) is 0 Å². The Morgan fingerprint density at radius 2 is 1.71 bits per heavy atom. The fraction of sp³-hybridized carbons (Fsp3) is 0.240. The molecule has 0 saturated carbocycles. The van der Waals surface area contributed by atoms with E-state index >= 15 is 0 Å². The summed E-state index contributed by atoms with van der Waals surface area (Å²) >= 11 is 0. The van der Waals surface area contributed by atoms with Gasteiger partial charge in [-0.2, -0.15) is 0 Å². The van der Waals surface area contributed by atoms with Crippen LogP contribution in [0.3, 0.4) is 0 Å². The highest BCUT2D eigenvalue weighted by Crippen LogP contribution is 2.44. The molecule has 1 atom stereocenters. The van der Waals surface area contributed by atoms with Gasteiger partial charge in [-0.15, -0.1) is 0 Å². The summed E-state index contributed by atoms with van der Waals surface area (Å²) < 4.78 is 5.47. The van der Waals surface area contributed by atoms with Gasteiger partial charge in [0.1, 0.15) is 12.6 Å². The van der Waals surface area contributed by atoms with Gasteiger partial charge in [0.05, 0.1) is 0 Å². The summed E-state index contributed by atoms with van der Waals surface area (Å²) in [5.74, 6) is -1.15. The maximum Gasteiger partial charge on any atom is 0.407 e. The molecular formula is C25H24N2O4. The molecule has 0 aliphatic heterocycles. The Labute approximate surface area is 180 Å². The zero-order valence-electron chi connectivity index (χ0n) is 17.2. The number of carboxylic acid groups (broad SMARTS) is 1. The molecule has 31 heavy (non-hydrogen) atoms. The topological polar surface area (TPSA) is 88.5 Å². The summed E-state index contributed by atoms with van der Waals surface area (Å²) in [4.78, 5) is 28.2. The van der Waals surface area contributed by atoms with Crippen molar-refractivity contribution >= 4 is 12.1 Å². The first-order valence-corrected chi connectivity index (χ1v) is 10.3. The lowest BCUT2D eigenvalue weighted by molar-refractivity contribution is -0.139. The molecule has 0 unspecified atom stereocenters. The maximum absolute atomic E-state index is 12.4. The zero-order chi connectivity index (χ0) is 21.8. The van der Waals surface area contributed by atoms with Gasteiger partial charge in [-0.1, -0.05) is 48.5 Å². The second-order valence-electron chi connectivity index (χ2n) is 7.70. The van der Waals surface area contributed by atoms with Crippen LogP contribution in [-0.4, -0.2) is 34.8 Å². The van der Waals surface area contributed by atoms with Crippen molar-refractivity contribution in [2.24, 2.45) is 0 Å². The van der Waals surface area contributed by atoms with Crippen LogP contribution in [0.2, 0.25) is 0 Å². The summed E-state index contributed by atoms with van der Waals surface area (Å²) in [7, 11) is 0. The number of pyridine rings is 1. The number of hydrogen-bond acceptors (Lipinski definition) is 4. The van der Waals surface area contributed by atoms with E-state index in [0.29, 0.717) is 6.42 Å². The molecule has 1 aliphatic carbocycles. The summed E-state index contributed by atoms with van der Waals surface area (Å²) in [5, 5.41) is 12.0. The number of alkyl carbamates (subject to hydrolysis) is 1. The second kappa shape index (κ2) is 9.00. The van der Waals surface area contributed by atoms with Gasteiger partial charge in [0.15, 0.2) is 0 Å². The molecule has 0 radical (unpaired) electrons. The van der Waals surface area contributed by atoms with Crippen molar-refractivity contribution < 1.29 is 19.4 Å².